The quantitative estimate of drug-likeness (QED) is 0.0796. The van der Waals surface area contributed by atoms with Crippen molar-refractivity contribution in [3.05, 3.63) is 18.2 Å². The third kappa shape index (κ3) is 11.2. The minimum absolute atomic E-state index is 0.0563. The molecule has 15 heteroatoms. The maximum absolute atomic E-state index is 13.0. The van der Waals surface area contributed by atoms with Crippen LogP contribution in [-0.2, 0) is 30.4 Å². The number of aliphatic carboxylic acids is 2. The first-order chi connectivity index (χ1) is 16.6. The lowest BCUT2D eigenvalue weighted by Crippen LogP contribution is -2.57. The molecule has 0 aliphatic carbocycles. The van der Waals surface area contributed by atoms with Crippen molar-refractivity contribution >= 4 is 42.3 Å². The lowest BCUT2D eigenvalue weighted by molar-refractivity contribution is -0.143. The van der Waals surface area contributed by atoms with Crippen molar-refractivity contribution in [2.24, 2.45) is 11.5 Å². The van der Waals surface area contributed by atoms with Crippen LogP contribution in [0.3, 0.4) is 0 Å². The Morgan fingerprint density at radius 1 is 0.971 bits per heavy atom. The smallest absolute Gasteiger partial charge is 0.326 e. The highest BCUT2D eigenvalue weighted by molar-refractivity contribution is 7.80. The average Bonchev–Trinajstić information content (AvgIpc) is 3.32. The van der Waals surface area contributed by atoms with Crippen LogP contribution >= 0.6 is 12.6 Å². The topological polar surface area (TPSA) is 243 Å². The van der Waals surface area contributed by atoms with Gasteiger partial charge in [-0.3, -0.25) is 19.2 Å². The monoisotopic (exact) mass is 515 g/mol. The van der Waals surface area contributed by atoms with E-state index in [1.54, 1.807) is 0 Å². The Labute approximate surface area is 207 Å². The number of carbonyl (C=O) groups excluding carboxylic acids is 3. The minimum Gasteiger partial charge on any atom is -0.481 e. The van der Waals surface area contributed by atoms with Gasteiger partial charge in [-0.05, 0) is 32.2 Å². The second-order valence-electron chi connectivity index (χ2n) is 7.81. The molecule has 4 atom stereocenters. The number of unbranched alkanes of at least 4 members (excludes halogenated alkanes) is 1. The molecule has 0 bridgehead atoms. The molecule has 1 rings (SSSR count). The van der Waals surface area contributed by atoms with Gasteiger partial charge in [0.05, 0.1) is 12.4 Å². The third-order valence-corrected chi connectivity index (χ3v) is 5.38. The normalized spacial score (nSPS) is 14.3. The first kappa shape index (κ1) is 29.9. The number of amides is 3. The Balaban J connectivity index is 3.04. The van der Waals surface area contributed by atoms with Gasteiger partial charge in [0.2, 0.25) is 17.7 Å². The first-order valence-electron chi connectivity index (χ1n) is 11.0. The molecule has 0 aliphatic rings. The van der Waals surface area contributed by atoms with Crippen LogP contribution in [0.2, 0.25) is 0 Å². The second-order valence-corrected chi connectivity index (χ2v) is 8.17. The number of nitrogens with one attached hydrogen (secondary N) is 4. The van der Waals surface area contributed by atoms with Gasteiger partial charge < -0.3 is 42.6 Å². The summed E-state index contributed by atoms with van der Waals surface area (Å²) in [4.78, 5) is 67.2. The standard InChI is InChI=1S/C20H33N7O7S/c21-6-2-1-3-13(25-17(30)12(22)9-35)18(31)27-15(7-11-8-23-10-24-11)19(32)26-14(20(33)34)4-5-16(28)29/h8,10,12-15,35H,1-7,9,21-22H2,(H,23,24)(H,25,30)(H,26,32)(H,27,31)(H,28,29)(H,33,34). The van der Waals surface area contributed by atoms with Crippen LogP contribution in [0.5, 0.6) is 0 Å². The average molecular weight is 516 g/mol. The Kier molecular flexibility index (Phi) is 13.4. The summed E-state index contributed by atoms with van der Waals surface area (Å²) in [5, 5.41) is 25.5. The third-order valence-electron chi connectivity index (χ3n) is 4.99. The Morgan fingerprint density at radius 2 is 1.60 bits per heavy atom. The Hall–Kier alpha value is -3.17. The molecule has 0 aromatic carbocycles. The van der Waals surface area contributed by atoms with Gasteiger partial charge in [0.25, 0.3) is 0 Å². The number of H-pyrrole nitrogens is 1. The number of carboxylic acid groups (broad SMARTS) is 2. The highest BCUT2D eigenvalue weighted by Gasteiger charge is 2.30. The zero-order valence-corrected chi connectivity index (χ0v) is 20.0. The molecular formula is C20H33N7O7S. The summed E-state index contributed by atoms with van der Waals surface area (Å²) in [5.41, 5.74) is 11.7. The summed E-state index contributed by atoms with van der Waals surface area (Å²) in [6.07, 6.45) is 3.24. The molecule has 14 nitrogen and oxygen atoms in total. The number of aromatic nitrogens is 2. The van der Waals surface area contributed by atoms with Crippen molar-refractivity contribution in [2.45, 2.75) is 62.7 Å². The fraction of sp³-hybridized carbons (Fsp3) is 0.600. The lowest BCUT2D eigenvalue weighted by atomic mass is 10.1. The maximum Gasteiger partial charge on any atom is 0.326 e. The van der Waals surface area contributed by atoms with Gasteiger partial charge in [0.1, 0.15) is 18.1 Å². The summed E-state index contributed by atoms with van der Waals surface area (Å²) in [6.45, 7) is 0.385. The zero-order chi connectivity index (χ0) is 26.4. The van der Waals surface area contributed by atoms with E-state index in [0.717, 1.165) is 0 Å². The number of rotatable bonds is 17. The molecule has 0 aliphatic heterocycles. The van der Waals surface area contributed by atoms with Crippen molar-refractivity contribution in [1.29, 1.82) is 0 Å². The van der Waals surface area contributed by atoms with E-state index in [4.69, 9.17) is 16.6 Å². The Bertz CT molecular complexity index is 853. The SMILES string of the molecule is NCCCCC(NC(=O)C(N)CS)C(=O)NC(Cc1cnc[nH]1)C(=O)NC(CCC(=O)O)C(=O)O. The van der Waals surface area contributed by atoms with Gasteiger partial charge in [-0.15, -0.1) is 0 Å². The van der Waals surface area contributed by atoms with E-state index >= 15 is 0 Å². The van der Waals surface area contributed by atoms with Crippen LogP contribution in [0.25, 0.3) is 0 Å². The number of nitrogens with two attached hydrogens (primary N) is 2. The van der Waals surface area contributed by atoms with Gasteiger partial charge in [-0.1, -0.05) is 0 Å². The van der Waals surface area contributed by atoms with E-state index in [1.807, 2.05) is 0 Å². The van der Waals surface area contributed by atoms with Gasteiger partial charge in [0.15, 0.2) is 0 Å². The minimum atomic E-state index is -1.48. The number of nitrogens with zero attached hydrogens (tertiary/aromatic N) is 1. The molecule has 1 aromatic rings. The molecule has 0 saturated heterocycles. The largest absolute Gasteiger partial charge is 0.481 e. The fourth-order valence-corrected chi connectivity index (χ4v) is 3.18. The van der Waals surface area contributed by atoms with Gasteiger partial charge >= 0.3 is 11.9 Å². The summed E-state index contributed by atoms with van der Waals surface area (Å²) in [5.74, 6) is -4.70. The molecule has 1 aromatic heterocycles. The molecule has 1 heterocycles. The van der Waals surface area contributed by atoms with Gasteiger partial charge in [-0.2, -0.15) is 12.6 Å². The van der Waals surface area contributed by atoms with E-state index in [1.165, 1.54) is 12.5 Å². The summed E-state index contributed by atoms with van der Waals surface area (Å²) < 4.78 is 0. The van der Waals surface area contributed by atoms with Crippen LogP contribution in [0, 0.1) is 0 Å². The zero-order valence-electron chi connectivity index (χ0n) is 19.1. The molecule has 0 spiro atoms. The van der Waals surface area contributed by atoms with E-state index < -0.39 is 60.2 Å². The number of imidazole rings is 1. The molecule has 0 saturated carbocycles. The molecule has 3 amide bonds. The van der Waals surface area contributed by atoms with Gasteiger partial charge in [0, 0.05) is 30.5 Å². The van der Waals surface area contributed by atoms with Crippen LogP contribution in [0.1, 0.15) is 37.8 Å². The predicted octanol–water partition coefficient (Wildman–Crippen LogP) is -2.26. The Morgan fingerprint density at radius 3 is 2.14 bits per heavy atom. The number of aromatic amines is 1. The summed E-state index contributed by atoms with van der Waals surface area (Å²) in [7, 11) is 0. The predicted molar refractivity (Wildman–Crippen MR) is 127 cm³/mol. The molecule has 4 unspecified atom stereocenters. The van der Waals surface area contributed by atoms with Crippen molar-refractivity contribution in [1.82, 2.24) is 25.9 Å². The molecule has 0 radical (unpaired) electrons. The van der Waals surface area contributed by atoms with Gasteiger partial charge in [-0.25, -0.2) is 9.78 Å². The molecule has 196 valence electrons. The van der Waals surface area contributed by atoms with Crippen LogP contribution in [-0.4, -0.2) is 86.3 Å². The lowest BCUT2D eigenvalue weighted by Gasteiger charge is -2.25. The van der Waals surface area contributed by atoms with Crippen LogP contribution in [0.4, 0.5) is 0 Å². The highest BCUT2D eigenvalue weighted by Crippen LogP contribution is 2.06. The van der Waals surface area contributed by atoms with Crippen LogP contribution < -0.4 is 27.4 Å². The van der Waals surface area contributed by atoms with E-state index in [-0.39, 0.29) is 25.0 Å². The van der Waals surface area contributed by atoms with Crippen molar-refractivity contribution in [3.8, 4) is 0 Å². The summed E-state index contributed by atoms with van der Waals surface area (Å²) in [6, 6.07) is -4.70. The van der Waals surface area contributed by atoms with Crippen molar-refractivity contribution in [2.75, 3.05) is 12.3 Å². The molecule has 35 heavy (non-hydrogen) atoms. The maximum atomic E-state index is 13.0. The summed E-state index contributed by atoms with van der Waals surface area (Å²) >= 11 is 3.97. The van der Waals surface area contributed by atoms with Crippen molar-refractivity contribution < 1.29 is 34.2 Å². The molecule has 10 N–H and O–H groups in total. The number of thiol groups is 1. The van der Waals surface area contributed by atoms with Crippen LogP contribution in [0.15, 0.2) is 12.5 Å². The fourth-order valence-electron chi connectivity index (χ4n) is 3.02. The number of hydrogen-bond acceptors (Lipinski definition) is 9. The van der Waals surface area contributed by atoms with E-state index in [0.29, 0.717) is 25.1 Å². The van der Waals surface area contributed by atoms with E-state index in [9.17, 15) is 29.1 Å². The molecular weight excluding hydrogens is 482 g/mol. The van der Waals surface area contributed by atoms with E-state index in [2.05, 4.69) is 38.5 Å². The highest BCUT2D eigenvalue weighted by atomic mass is 32.1. The second kappa shape index (κ2) is 15.7. The number of carboxylic acids is 2. The molecule has 0 fully saturated rings. The van der Waals surface area contributed by atoms with Crippen molar-refractivity contribution in [3.63, 3.8) is 0 Å². The number of hydrogen-bond donors (Lipinski definition) is 9. The number of carbonyl (C=O) groups is 5. The first-order valence-corrected chi connectivity index (χ1v) is 11.6.